The lowest BCUT2D eigenvalue weighted by atomic mass is 10.1. The summed E-state index contributed by atoms with van der Waals surface area (Å²) in [7, 11) is 0. The van der Waals surface area contributed by atoms with Crippen molar-refractivity contribution in [1.82, 2.24) is 10.1 Å². The summed E-state index contributed by atoms with van der Waals surface area (Å²) in [6, 6.07) is 9.92. The predicted octanol–water partition coefficient (Wildman–Crippen LogP) is 4.38. The Morgan fingerprint density at radius 1 is 1.25 bits per heavy atom. The molecule has 3 aromatic rings. The summed E-state index contributed by atoms with van der Waals surface area (Å²) in [5, 5.41) is 8.88. The van der Waals surface area contributed by atoms with Gasteiger partial charge in [-0.1, -0.05) is 17.3 Å². The quantitative estimate of drug-likeness (QED) is 0.722. The summed E-state index contributed by atoms with van der Waals surface area (Å²) >= 11 is 1.57. The number of aromatic nitrogens is 2. The van der Waals surface area contributed by atoms with E-state index >= 15 is 0 Å². The van der Waals surface area contributed by atoms with Gasteiger partial charge in [-0.2, -0.15) is 4.98 Å². The van der Waals surface area contributed by atoms with Gasteiger partial charge in [-0.05, 0) is 55.0 Å². The van der Waals surface area contributed by atoms with Crippen molar-refractivity contribution in [2.75, 3.05) is 5.32 Å². The molecular formula is C18H19N3O2S. The molecule has 0 aliphatic carbocycles. The van der Waals surface area contributed by atoms with E-state index in [1.165, 1.54) is 0 Å². The molecule has 0 unspecified atom stereocenters. The molecule has 0 spiro atoms. The Labute approximate surface area is 144 Å². The lowest BCUT2D eigenvalue weighted by Crippen LogP contribution is -2.11. The van der Waals surface area contributed by atoms with Crippen LogP contribution in [0.2, 0.25) is 0 Å². The first kappa shape index (κ1) is 16.4. The molecule has 6 heteroatoms. The second kappa shape index (κ2) is 7.40. The van der Waals surface area contributed by atoms with Crippen LogP contribution in [0.1, 0.15) is 29.9 Å². The Morgan fingerprint density at radius 3 is 2.75 bits per heavy atom. The highest BCUT2D eigenvalue weighted by Gasteiger charge is 2.10. The molecule has 0 radical (unpaired) electrons. The fraction of sp³-hybridized carbons (Fsp3) is 0.278. The van der Waals surface area contributed by atoms with Crippen LogP contribution < -0.4 is 5.32 Å². The Morgan fingerprint density at radius 2 is 2.04 bits per heavy atom. The number of hydrogen-bond acceptors (Lipinski definition) is 5. The number of amides is 1. The highest BCUT2D eigenvalue weighted by molar-refractivity contribution is 7.13. The van der Waals surface area contributed by atoms with Gasteiger partial charge >= 0.3 is 0 Å². The number of aryl methyl sites for hydroxylation is 3. The lowest BCUT2D eigenvalue weighted by molar-refractivity contribution is -0.116. The Hall–Kier alpha value is -2.47. The van der Waals surface area contributed by atoms with Crippen LogP contribution in [-0.2, 0) is 11.2 Å². The average molecular weight is 341 g/mol. The maximum Gasteiger partial charge on any atom is 0.226 e. The topological polar surface area (TPSA) is 68.0 Å². The number of thiophene rings is 1. The number of benzene rings is 1. The first-order valence-electron chi connectivity index (χ1n) is 7.85. The SMILES string of the molecule is Cc1cc(C)cc(NC(=O)CCCc2nc(-c3cccs3)no2)c1. The molecule has 24 heavy (non-hydrogen) atoms. The molecule has 2 aromatic heterocycles. The lowest BCUT2D eigenvalue weighted by Gasteiger charge is -2.07. The number of carbonyl (C=O) groups excluding carboxylic acids is 1. The van der Waals surface area contributed by atoms with Crippen LogP contribution >= 0.6 is 11.3 Å². The van der Waals surface area contributed by atoms with E-state index in [0.29, 0.717) is 31.0 Å². The van der Waals surface area contributed by atoms with Gasteiger partial charge in [-0.15, -0.1) is 11.3 Å². The molecule has 0 aliphatic heterocycles. The minimum absolute atomic E-state index is 0.00186. The van der Waals surface area contributed by atoms with E-state index in [1.807, 2.05) is 43.5 Å². The van der Waals surface area contributed by atoms with E-state index < -0.39 is 0 Å². The molecule has 5 nitrogen and oxygen atoms in total. The summed E-state index contributed by atoms with van der Waals surface area (Å²) in [4.78, 5) is 17.4. The highest BCUT2D eigenvalue weighted by atomic mass is 32.1. The number of rotatable bonds is 6. The number of anilines is 1. The summed E-state index contributed by atoms with van der Waals surface area (Å²) in [5.41, 5.74) is 3.12. The molecular weight excluding hydrogens is 322 g/mol. The molecule has 1 N–H and O–H groups in total. The molecule has 0 bridgehead atoms. The van der Waals surface area contributed by atoms with E-state index in [4.69, 9.17) is 4.52 Å². The summed E-state index contributed by atoms with van der Waals surface area (Å²) in [6.07, 6.45) is 1.69. The van der Waals surface area contributed by atoms with Gasteiger partial charge < -0.3 is 9.84 Å². The van der Waals surface area contributed by atoms with Crippen LogP contribution in [-0.4, -0.2) is 16.0 Å². The molecule has 1 aromatic carbocycles. The van der Waals surface area contributed by atoms with E-state index in [-0.39, 0.29) is 5.91 Å². The predicted molar refractivity (Wildman–Crippen MR) is 95.1 cm³/mol. The van der Waals surface area contributed by atoms with Crippen molar-refractivity contribution in [3.63, 3.8) is 0 Å². The maximum absolute atomic E-state index is 12.0. The van der Waals surface area contributed by atoms with Crippen LogP contribution in [0.3, 0.4) is 0 Å². The van der Waals surface area contributed by atoms with Gasteiger partial charge in [0.15, 0.2) is 0 Å². The highest BCUT2D eigenvalue weighted by Crippen LogP contribution is 2.21. The second-order valence-corrected chi connectivity index (χ2v) is 6.71. The van der Waals surface area contributed by atoms with Gasteiger partial charge in [0.25, 0.3) is 0 Å². The number of carbonyl (C=O) groups is 1. The average Bonchev–Trinajstić information content (AvgIpc) is 3.17. The van der Waals surface area contributed by atoms with E-state index in [9.17, 15) is 4.79 Å². The number of nitrogens with one attached hydrogen (secondary N) is 1. The van der Waals surface area contributed by atoms with E-state index in [1.54, 1.807) is 11.3 Å². The maximum atomic E-state index is 12.0. The van der Waals surface area contributed by atoms with Crippen LogP contribution in [0.15, 0.2) is 40.2 Å². The second-order valence-electron chi connectivity index (χ2n) is 5.77. The van der Waals surface area contributed by atoms with Crippen LogP contribution in [0.25, 0.3) is 10.7 Å². The van der Waals surface area contributed by atoms with Crippen molar-refractivity contribution in [2.24, 2.45) is 0 Å². The van der Waals surface area contributed by atoms with Gasteiger partial charge in [0.2, 0.25) is 17.6 Å². The minimum Gasteiger partial charge on any atom is -0.339 e. The standard InChI is InChI=1S/C18H19N3O2S/c1-12-9-13(2)11-14(10-12)19-16(22)6-3-7-17-20-18(21-23-17)15-5-4-8-24-15/h4-5,8-11H,3,6-7H2,1-2H3,(H,19,22). The molecule has 0 saturated carbocycles. The zero-order chi connectivity index (χ0) is 16.9. The van der Waals surface area contributed by atoms with Crippen molar-refractivity contribution < 1.29 is 9.32 Å². The minimum atomic E-state index is -0.00186. The van der Waals surface area contributed by atoms with E-state index in [0.717, 1.165) is 21.7 Å². The fourth-order valence-electron chi connectivity index (χ4n) is 2.53. The van der Waals surface area contributed by atoms with Crippen LogP contribution in [0.5, 0.6) is 0 Å². The third kappa shape index (κ3) is 4.29. The smallest absolute Gasteiger partial charge is 0.226 e. The Balaban J connectivity index is 1.48. The molecule has 0 atom stereocenters. The molecule has 3 rings (SSSR count). The van der Waals surface area contributed by atoms with Crippen molar-refractivity contribution in [3.8, 4) is 10.7 Å². The van der Waals surface area contributed by atoms with E-state index in [2.05, 4.69) is 21.5 Å². The van der Waals surface area contributed by atoms with Gasteiger partial charge in [0.05, 0.1) is 4.88 Å². The normalized spacial score (nSPS) is 10.8. The third-order valence-corrected chi connectivity index (χ3v) is 4.38. The molecule has 1 amide bonds. The van der Waals surface area contributed by atoms with Gasteiger partial charge in [-0.25, -0.2) is 0 Å². The number of hydrogen-bond donors (Lipinski definition) is 1. The zero-order valence-corrected chi connectivity index (χ0v) is 14.5. The van der Waals surface area contributed by atoms with Crippen molar-refractivity contribution in [3.05, 3.63) is 52.7 Å². The van der Waals surface area contributed by atoms with Crippen molar-refractivity contribution in [1.29, 1.82) is 0 Å². The third-order valence-electron chi connectivity index (χ3n) is 3.51. The van der Waals surface area contributed by atoms with Crippen molar-refractivity contribution >= 4 is 22.9 Å². The van der Waals surface area contributed by atoms with Gasteiger partial charge in [0, 0.05) is 18.5 Å². The largest absolute Gasteiger partial charge is 0.339 e. The Bertz CT molecular complexity index is 804. The molecule has 2 heterocycles. The number of nitrogens with zero attached hydrogens (tertiary/aromatic N) is 2. The van der Waals surface area contributed by atoms with Crippen LogP contribution in [0, 0.1) is 13.8 Å². The molecule has 0 fully saturated rings. The molecule has 124 valence electrons. The summed E-state index contributed by atoms with van der Waals surface area (Å²) < 4.78 is 5.23. The summed E-state index contributed by atoms with van der Waals surface area (Å²) in [6.45, 7) is 4.03. The van der Waals surface area contributed by atoms with Crippen LogP contribution in [0.4, 0.5) is 5.69 Å². The molecule has 0 aliphatic rings. The first-order valence-corrected chi connectivity index (χ1v) is 8.73. The first-order chi connectivity index (χ1) is 11.6. The molecule has 0 saturated heterocycles. The monoisotopic (exact) mass is 341 g/mol. The summed E-state index contributed by atoms with van der Waals surface area (Å²) in [5.74, 6) is 1.18. The zero-order valence-electron chi connectivity index (χ0n) is 13.7. The Kier molecular flexibility index (Phi) is 5.05. The van der Waals surface area contributed by atoms with Crippen molar-refractivity contribution in [2.45, 2.75) is 33.1 Å². The fourth-order valence-corrected chi connectivity index (χ4v) is 3.18. The van der Waals surface area contributed by atoms with Gasteiger partial charge in [0.1, 0.15) is 0 Å². The van der Waals surface area contributed by atoms with Gasteiger partial charge in [-0.3, -0.25) is 4.79 Å².